The molecule has 4 N–H and O–H groups in total. The van der Waals surface area contributed by atoms with Gasteiger partial charge in [0.1, 0.15) is 23.4 Å². The number of nitrogens with zero attached hydrogens (tertiary/aromatic N) is 1. The number of hydrogen-bond acceptors (Lipinski definition) is 7. The molecule has 152 valence electrons. The molecular formula is C19H18FN3O5S. The van der Waals surface area contributed by atoms with Crippen LogP contribution in [0, 0.1) is 19.7 Å². The van der Waals surface area contributed by atoms with Crippen LogP contribution in [0.15, 0.2) is 16.0 Å². The normalized spacial score (nSPS) is 15.3. The molecule has 1 saturated heterocycles. The van der Waals surface area contributed by atoms with Crippen LogP contribution in [0.25, 0.3) is 11.0 Å². The minimum absolute atomic E-state index is 0.0321. The summed E-state index contributed by atoms with van der Waals surface area (Å²) in [4.78, 5) is 29.4. The molecule has 3 heterocycles. The lowest BCUT2D eigenvalue weighted by atomic mass is 9.75. The van der Waals surface area contributed by atoms with Crippen LogP contribution in [0.2, 0.25) is 0 Å². The molecule has 29 heavy (non-hydrogen) atoms. The SMILES string of the molecule is Cc1ncsc1COc1c(F)cc2oc(C)c(C(N)=O)c2c1C1(C(N)=O)COC1. The second-order valence-corrected chi connectivity index (χ2v) is 7.86. The Kier molecular flexibility index (Phi) is 4.55. The zero-order chi connectivity index (χ0) is 20.9. The fourth-order valence-corrected chi connectivity index (χ4v) is 4.23. The number of fused-ring (bicyclic) bond motifs is 1. The Balaban J connectivity index is 1.99. The highest BCUT2D eigenvalue weighted by Gasteiger charge is 2.51. The van der Waals surface area contributed by atoms with Crippen LogP contribution >= 0.6 is 11.3 Å². The Morgan fingerprint density at radius 3 is 2.59 bits per heavy atom. The Morgan fingerprint density at radius 2 is 2.07 bits per heavy atom. The van der Waals surface area contributed by atoms with Gasteiger partial charge in [0.25, 0.3) is 5.91 Å². The van der Waals surface area contributed by atoms with E-state index in [-0.39, 0.29) is 53.4 Å². The minimum Gasteiger partial charge on any atom is -0.485 e. The molecule has 4 rings (SSSR count). The van der Waals surface area contributed by atoms with E-state index in [0.717, 1.165) is 16.6 Å². The van der Waals surface area contributed by atoms with E-state index in [2.05, 4.69) is 4.98 Å². The molecule has 2 aromatic heterocycles. The van der Waals surface area contributed by atoms with Gasteiger partial charge in [-0.05, 0) is 13.8 Å². The first kappa shape index (κ1) is 19.3. The number of furan rings is 1. The van der Waals surface area contributed by atoms with Gasteiger partial charge in [-0.2, -0.15) is 0 Å². The summed E-state index contributed by atoms with van der Waals surface area (Å²) in [5.41, 5.74) is 12.5. The van der Waals surface area contributed by atoms with Crippen molar-refractivity contribution in [1.29, 1.82) is 0 Å². The summed E-state index contributed by atoms with van der Waals surface area (Å²) in [6.07, 6.45) is 0. The zero-order valence-electron chi connectivity index (χ0n) is 15.7. The largest absolute Gasteiger partial charge is 0.485 e. The molecule has 3 aromatic rings. The Morgan fingerprint density at radius 1 is 1.34 bits per heavy atom. The molecule has 0 bridgehead atoms. The number of nitrogens with two attached hydrogens (primary N) is 2. The van der Waals surface area contributed by atoms with Crippen molar-refractivity contribution < 1.29 is 27.9 Å². The number of aromatic nitrogens is 1. The number of thiazole rings is 1. The number of benzene rings is 1. The van der Waals surface area contributed by atoms with Crippen LogP contribution in [0.1, 0.15) is 32.3 Å². The lowest BCUT2D eigenvalue weighted by molar-refractivity contribution is -0.141. The molecule has 1 aromatic carbocycles. The van der Waals surface area contributed by atoms with Gasteiger partial charge < -0.3 is 25.4 Å². The Bertz CT molecular complexity index is 1150. The maximum absolute atomic E-state index is 15.1. The first-order chi connectivity index (χ1) is 13.8. The number of carbonyl (C=O) groups is 2. The molecule has 0 spiro atoms. The van der Waals surface area contributed by atoms with E-state index in [4.69, 9.17) is 25.4 Å². The summed E-state index contributed by atoms with van der Waals surface area (Å²) < 4.78 is 31.7. The van der Waals surface area contributed by atoms with Crippen molar-refractivity contribution in [3.8, 4) is 5.75 Å². The first-order valence-electron chi connectivity index (χ1n) is 8.71. The molecule has 1 aliphatic heterocycles. The van der Waals surface area contributed by atoms with Gasteiger partial charge in [0, 0.05) is 17.0 Å². The number of aryl methyl sites for hydroxylation is 2. The van der Waals surface area contributed by atoms with Gasteiger partial charge in [-0.3, -0.25) is 9.59 Å². The summed E-state index contributed by atoms with van der Waals surface area (Å²) >= 11 is 1.36. The number of hydrogen-bond donors (Lipinski definition) is 2. The molecule has 8 nitrogen and oxygen atoms in total. The average molecular weight is 419 g/mol. The number of carbonyl (C=O) groups excluding carboxylic acids is 2. The Labute approximate surface area is 168 Å². The average Bonchev–Trinajstić information content (AvgIpc) is 3.14. The highest BCUT2D eigenvalue weighted by atomic mass is 32.1. The predicted octanol–water partition coefficient (Wildman–Crippen LogP) is 2.08. The topological polar surface area (TPSA) is 131 Å². The lowest BCUT2D eigenvalue weighted by Gasteiger charge is -2.40. The summed E-state index contributed by atoms with van der Waals surface area (Å²) in [7, 11) is 0. The van der Waals surface area contributed by atoms with E-state index in [9.17, 15) is 9.59 Å². The smallest absolute Gasteiger partial charge is 0.252 e. The maximum atomic E-state index is 15.1. The van der Waals surface area contributed by atoms with Gasteiger partial charge in [0.15, 0.2) is 11.6 Å². The van der Waals surface area contributed by atoms with E-state index < -0.39 is 23.0 Å². The van der Waals surface area contributed by atoms with Crippen LogP contribution in [-0.2, 0) is 21.6 Å². The summed E-state index contributed by atoms with van der Waals surface area (Å²) in [6.45, 7) is 3.24. The quantitative estimate of drug-likeness (QED) is 0.629. The molecule has 10 heteroatoms. The molecule has 0 atom stereocenters. The second kappa shape index (κ2) is 6.82. The predicted molar refractivity (Wildman–Crippen MR) is 102 cm³/mol. The van der Waals surface area contributed by atoms with Crippen LogP contribution in [0.5, 0.6) is 5.75 Å². The fourth-order valence-electron chi connectivity index (χ4n) is 3.54. The van der Waals surface area contributed by atoms with E-state index in [1.54, 1.807) is 5.51 Å². The summed E-state index contributed by atoms with van der Waals surface area (Å²) in [5, 5.41) is 0.217. The number of primary amides is 2. The van der Waals surface area contributed by atoms with Crippen molar-refractivity contribution in [2.75, 3.05) is 13.2 Å². The van der Waals surface area contributed by atoms with Crippen molar-refractivity contribution in [2.45, 2.75) is 25.9 Å². The van der Waals surface area contributed by atoms with Gasteiger partial charge in [0.05, 0.1) is 34.9 Å². The molecular weight excluding hydrogens is 401 g/mol. The molecule has 1 fully saturated rings. The highest BCUT2D eigenvalue weighted by molar-refractivity contribution is 7.09. The molecule has 0 unspecified atom stereocenters. The lowest BCUT2D eigenvalue weighted by Crippen LogP contribution is -2.56. The zero-order valence-corrected chi connectivity index (χ0v) is 16.5. The number of ether oxygens (including phenoxy) is 2. The molecule has 0 saturated carbocycles. The van der Waals surface area contributed by atoms with E-state index in [1.165, 1.54) is 18.3 Å². The molecule has 1 aliphatic rings. The van der Waals surface area contributed by atoms with Crippen molar-refractivity contribution in [2.24, 2.45) is 11.5 Å². The standard InChI is InChI=1S/C19H18FN3O5S/c1-8-12(29-7-23-8)4-27-16-10(20)3-11-14(13(17(21)24)9(2)28-11)15(16)19(18(22)25)5-26-6-19/h3,7H,4-6H2,1-2H3,(H2,21,24)(H2,22,25). The second-order valence-electron chi connectivity index (χ2n) is 6.92. The van der Waals surface area contributed by atoms with Crippen LogP contribution in [0.3, 0.4) is 0 Å². The first-order valence-corrected chi connectivity index (χ1v) is 9.59. The monoisotopic (exact) mass is 419 g/mol. The number of amides is 2. The third-order valence-corrected chi connectivity index (χ3v) is 6.06. The van der Waals surface area contributed by atoms with Crippen LogP contribution in [-0.4, -0.2) is 30.0 Å². The number of halogens is 1. The molecule has 0 aliphatic carbocycles. The third-order valence-electron chi connectivity index (χ3n) is 5.15. The molecule has 2 amide bonds. The number of rotatable bonds is 6. The third kappa shape index (κ3) is 2.87. The minimum atomic E-state index is -1.36. The van der Waals surface area contributed by atoms with Gasteiger partial charge in [-0.15, -0.1) is 11.3 Å². The molecule has 0 radical (unpaired) electrons. The maximum Gasteiger partial charge on any atom is 0.252 e. The van der Waals surface area contributed by atoms with Crippen molar-refractivity contribution in [3.05, 3.63) is 44.9 Å². The van der Waals surface area contributed by atoms with Crippen LogP contribution in [0.4, 0.5) is 4.39 Å². The van der Waals surface area contributed by atoms with Gasteiger partial charge in [-0.25, -0.2) is 9.37 Å². The highest BCUT2D eigenvalue weighted by Crippen LogP contribution is 2.46. The van der Waals surface area contributed by atoms with Crippen molar-refractivity contribution in [1.82, 2.24) is 4.98 Å². The van der Waals surface area contributed by atoms with E-state index >= 15 is 4.39 Å². The van der Waals surface area contributed by atoms with Crippen LogP contribution < -0.4 is 16.2 Å². The van der Waals surface area contributed by atoms with Gasteiger partial charge in [-0.1, -0.05) is 0 Å². The summed E-state index contributed by atoms with van der Waals surface area (Å²) in [5.74, 6) is -2.20. The van der Waals surface area contributed by atoms with E-state index in [1.807, 2.05) is 6.92 Å². The fraction of sp³-hybridized carbons (Fsp3) is 0.316. The van der Waals surface area contributed by atoms with Crippen molar-refractivity contribution >= 4 is 34.1 Å². The van der Waals surface area contributed by atoms with Crippen molar-refractivity contribution in [3.63, 3.8) is 0 Å². The summed E-state index contributed by atoms with van der Waals surface area (Å²) in [6, 6.07) is 1.11. The van der Waals surface area contributed by atoms with E-state index in [0.29, 0.717) is 0 Å². The Hall–Kier alpha value is -2.98. The van der Waals surface area contributed by atoms with Gasteiger partial charge >= 0.3 is 0 Å². The van der Waals surface area contributed by atoms with Gasteiger partial charge in [0.2, 0.25) is 5.91 Å².